The average Bonchev–Trinajstić information content (AvgIpc) is 2.21. The highest BCUT2D eigenvalue weighted by Gasteiger charge is 2.11. The molecular formula is C11H18Br2O2. The summed E-state index contributed by atoms with van der Waals surface area (Å²) in [4.78, 5) is 12.0. The Kier molecular flexibility index (Phi) is 10.8. The van der Waals surface area contributed by atoms with Gasteiger partial charge in [0.2, 0.25) is 0 Å². The summed E-state index contributed by atoms with van der Waals surface area (Å²) < 4.78 is 0. The molecule has 0 saturated carbocycles. The maximum absolute atomic E-state index is 10.5. The average molecular weight is 342 g/mol. The summed E-state index contributed by atoms with van der Waals surface area (Å²) in [7, 11) is 0. The van der Waals surface area contributed by atoms with Gasteiger partial charge in [-0.1, -0.05) is 63.6 Å². The number of rotatable bonds is 9. The molecule has 0 aliphatic heterocycles. The zero-order chi connectivity index (χ0) is 11.5. The van der Waals surface area contributed by atoms with Crippen molar-refractivity contribution < 1.29 is 9.90 Å². The molecule has 0 rings (SSSR count). The highest BCUT2D eigenvalue weighted by molar-refractivity contribution is 9.11. The fraction of sp³-hybridized carbons (Fsp3) is 0.727. The van der Waals surface area contributed by atoms with Gasteiger partial charge >= 0.3 is 5.97 Å². The third-order valence-electron chi connectivity index (χ3n) is 2.19. The SMILES string of the molecule is O=C(O)C(Br)CCCCCCCC=CBr. The number of halogens is 2. The normalized spacial score (nSPS) is 13.2. The highest BCUT2D eigenvalue weighted by Crippen LogP contribution is 2.13. The van der Waals surface area contributed by atoms with Gasteiger partial charge in [0.05, 0.1) is 0 Å². The Morgan fingerprint density at radius 3 is 2.40 bits per heavy atom. The second-order valence-corrected chi connectivity index (χ2v) is 5.15. The van der Waals surface area contributed by atoms with Crippen molar-refractivity contribution in [1.82, 2.24) is 0 Å². The molecule has 4 heteroatoms. The zero-order valence-electron chi connectivity index (χ0n) is 8.79. The largest absolute Gasteiger partial charge is 0.480 e. The van der Waals surface area contributed by atoms with E-state index in [2.05, 4.69) is 37.9 Å². The van der Waals surface area contributed by atoms with Gasteiger partial charge in [0, 0.05) is 0 Å². The molecule has 1 atom stereocenters. The van der Waals surface area contributed by atoms with E-state index < -0.39 is 5.97 Å². The fourth-order valence-electron chi connectivity index (χ4n) is 1.30. The number of allylic oxidation sites excluding steroid dienone is 1. The molecule has 0 aromatic rings. The van der Waals surface area contributed by atoms with Crippen molar-refractivity contribution in [3.05, 3.63) is 11.1 Å². The first-order valence-electron chi connectivity index (χ1n) is 5.30. The number of hydrogen-bond donors (Lipinski definition) is 1. The van der Waals surface area contributed by atoms with Crippen LogP contribution in [0.1, 0.15) is 44.9 Å². The molecule has 0 aromatic carbocycles. The first kappa shape index (κ1) is 15.2. The van der Waals surface area contributed by atoms with Crippen LogP contribution in [0.3, 0.4) is 0 Å². The van der Waals surface area contributed by atoms with Crippen LogP contribution < -0.4 is 0 Å². The van der Waals surface area contributed by atoms with E-state index in [1.807, 2.05) is 4.99 Å². The summed E-state index contributed by atoms with van der Waals surface area (Å²) >= 11 is 6.36. The van der Waals surface area contributed by atoms with Crippen molar-refractivity contribution >= 4 is 37.8 Å². The second-order valence-electron chi connectivity index (χ2n) is 3.51. The van der Waals surface area contributed by atoms with E-state index in [0.717, 1.165) is 25.7 Å². The van der Waals surface area contributed by atoms with Crippen molar-refractivity contribution in [2.75, 3.05) is 0 Å². The molecule has 1 N–H and O–H groups in total. The minimum absolute atomic E-state index is 0.367. The summed E-state index contributed by atoms with van der Waals surface area (Å²) in [5, 5.41) is 8.62. The standard InChI is InChI=1S/C11H18Br2O2/c12-9-7-5-3-1-2-4-6-8-10(13)11(14)15/h7,9-10H,1-6,8H2,(H,14,15). The van der Waals surface area contributed by atoms with Crippen LogP contribution in [0.5, 0.6) is 0 Å². The molecule has 0 spiro atoms. The van der Waals surface area contributed by atoms with Crippen LogP contribution >= 0.6 is 31.9 Å². The van der Waals surface area contributed by atoms with Gasteiger partial charge in [-0.05, 0) is 24.2 Å². The summed E-state index contributed by atoms with van der Waals surface area (Å²) in [5.41, 5.74) is 0. The monoisotopic (exact) mass is 340 g/mol. The van der Waals surface area contributed by atoms with Crippen molar-refractivity contribution in [2.45, 2.75) is 49.8 Å². The number of alkyl halides is 1. The van der Waals surface area contributed by atoms with E-state index in [0.29, 0.717) is 0 Å². The van der Waals surface area contributed by atoms with E-state index >= 15 is 0 Å². The Balaban J connectivity index is 3.14. The number of aliphatic carboxylic acids is 1. The van der Waals surface area contributed by atoms with Crippen molar-refractivity contribution in [3.8, 4) is 0 Å². The Labute approximate surface area is 108 Å². The Hall–Kier alpha value is 0.170. The number of carboxylic acid groups (broad SMARTS) is 1. The summed E-state index contributed by atoms with van der Waals surface area (Å²) in [6.45, 7) is 0. The molecule has 88 valence electrons. The van der Waals surface area contributed by atoms with Crippen LogP contribution in [-0.4, -0.2) is 15.9 Å². The number of carboxylic acids is 1. The summed E-state index contributed by atoms with van der Waals surface area (Å²) in [6.07, 6.45) is 9.76. The molecular weight excluding hydrogens is 324 g/mol. The molecule has 0 heterocycles. The Morgan fingerprint density at radius 2 is 1.80 bits per heavy atom. The van der Waals surface area contributed by atoms with Crippen LogP contribution in [-0.2, 0) is 4.79 Å². The number of unbranched alkanes of at least 4 members (excludes halogenated alkanes) is 5. The molecule has 15 heavy (non-hydrogen) atoms. The molecule has 0 amide bonds. The predicted octanol–water partition coefficient (Wildman–Crippen LogP) is 4.47. The molecule has 1 unspecified atom stereocenters. The van der Waals surface area contributed by atoms with Gasteiger partial charge in [0.15, 0.2) is 0 Å². The van der Waals surface area contributed by atoms with Gasteiger partial charge in [0.25, 0.3) is 0 Å². The maximum atomic E-state index is 10.5. The molecule has 0 aliphatic rings. The first-order valence-corrected chi connectivity index (χ1v) is 7.13. The van der Waals surface area contributed by atoms with Gasteiger partial charge < -0.3 is 5.11 Å². The van der Waals surface area contributed by atoms with Crippen molar-refractivity contribution in [1.29, 1.82) is 0 Å². The van der Waals surface area contributed by atoms with E-state index in [1.165, 1.54) is 19.3 Å². The fourth-order valence-corrected chi connectivity index (χ4v) is 1.89. The van der Waals surface area contributed by atoms with Crippen LogP contribution in [0.25, 0.3) is 0 Å². The van der Waals surface area contributed by atoms with Gasteiger partial charge in [0.1, 0.15) is 4.83 Å². The minimum atomic E-state index is -0.752. The van der Waals surface area contributed by atoms with E-state index in [-0.39, 0.29) is 4.83 Å². The van der Waals surface area contributed by atoms with Gasteiger partial charge in [-0.3, -0.25) is 4.79 Å². The summed E-state index contributed by atoms with van der Waals surface area (Å²) in [6, 6.07) is 0. The number of carbonyl (C=O) groups is 1. The number of hydrogen-bond acceptors (Lipinski definition) is 1. The van der Waals surface area contributed by atoms with Crippen molar-refractivity contribution in [3.63, 3.8) is 0 Å². The maximum Gasteiger partial charge on any atom is 0.317 e. The predicted molar refractivity (Wildman–Crippen MR) is 70.7 cm³/mol. The minimum Gasteiger partial charge on any atom is -0.480 e. The lowest BCUT2D eigenvalue weighted by molar-refractivity contribution is -0.136. The molecule has 0 radical (unpaired) electrons. The van der Waals surface area contributed by atoms with Crippen LogP contribution in [0.15, 0.2) is 11.1 Å². The lowest BCUT2D eigenvalue weighted by atomic mass is 10.1. The lowest BCUT2D eigenvalue weighted by Crippen LogP contribution is -2.11. The third-order valence-corrected chi connectivity index (χ3v) is 3.41. The molecule has 0 bridgehead atoms. The van der Waals surface area contributed by atoms with Crippen LogP contribution in [0.2, 0.25) is 0 Å². The highest BCUT2D eigenvalue weighted by atomic mass is 79.9. The van der Waals surface area contributed by atoms with Crippen LogP contribution in [0, 0.1) is 0 Å². The van der Waals surface area contributed by atoms with Crippen molar-refractivity contribution in [2.24, 2.45) is 0 Å². The zero-order valence-corrected chi connectivity index (χ0v) is 12.0. The quantitative estimate of drug-likeness (QED) is 0.496. The van der Waals surface area contributed by atoms with Crippen LogP contribution in [0.4, 0.5) is 0 Å². The molecule has 0 fully saturated rings. The smallest absolute Gasteiger partial charge is 0.317 e. The Morgan fingerprint density at radius 1 is 1.20 bits per heavy atom. The molecule has 0 saturated heterocycles. The van der Waals surface area contributed by atoms with Gasteiger partial charge in [-0.2, -0.15) is 0 Å². The topological polar surface area (TPSA) is 37.3 Å². The Bertz CT molecular complexity index is 193. The third kappa shape index (κ3) is 10.5. The first-order chi connectivity index (χ1) is 7.18. The lowest BCUT2D eigenvalue weighted by Gasteiger charge is -2.03. The molecule has 2 nitrogen and oxygen atoms in total. The molecule has 0 aromatic heterocycles. The van der Waals surface area contributed by atoms with Gasteiger partial charge in [-0.25, -0.2) is 0 Å². The van der Waals surface area contributed by atoms with E-state index in [4.69, 9.17) is 5.11 Å². The second kappa shape index (κ2) is 10.7. The summed E-state index contributed by atoms with van der Waals surface area (Å²) in [5.74, 6) is -0.752. The van der Waals surface area contributed by atoms with E-state index in [1.54, 1.807) is 0 Å². The van der Waals surface area contributed by atoms with Gasteiger partial charge in [-0.15, -0.1) is 0 Å². The van der Waals surface area contributed by atoms with E-state index in [9.17, 15) is 4.79 Å². The molecule has 0 aliphatic carbocycles.